The van der Waals surface area contributed by atoms with E-state index in [-0.39, 0.29) is 6.61 Å². The quantitative estimate of drug-likeness (QED) is 0.231. The number of hydrogen-bond donors (Lipinski definition) is 5. The van der Waals surface area contributed by atoms with Crippen molar-refractivity contribution in [1.82, 2.24) is 5.43 Å². The normalized spacial score (nSPS) is 24.4. The fraction of sp³-hybridized carbons (Fsp3) is 0.280. The fourth-order valence-corrected chi connectivity index (χ4v) is 3.61. The second-order valence-electron chi connectivity index (χ2n) is 7.94. The molecule has 5 atom stereocenters. The molecular formula is C25H26N2O8. The second kappa shape index (κ2) is 11.3. The molecule has 0 spiro atoms. The zero-order valence-electron chi connectivity index (χ0n) is 18.6. The van der Waals surface area contributed by atoms with Gasteiger partial charge in [0.1, 0.15) is 35.9 Å². The summed E-state index contributed by atoms with van der Waals surface area (Å²) in [6.07, 6.45) is -5.37. The van der Waals surface area contributed by atoms with E-state index in [4.69, 9.17) is 14.2 Å². The van der Waals surface area contributed by atoms with Crippen LogP contribution in [0.3, 0.4) is 0 Å². The molecule has 3 aromatic rings. The van der Waals surface area contributed by atoms with Gasteiger partial charge in [-0.2, -0.15) is 5.10 Å². The third-order valence-corrected chi connectivity index (χ3v) is 5.49. The number of carbonyl (C=O) groups is 1. The first-order valence-corrected chi connectivity index (χ1v) is 11.0. The van der Waals surface area contributed by atoms with Crippen LogP contribution in [0.1, 0.15) is 5.56 Å². The van der Waals surface area contributed by atoms with Crippen LogP contribution in [0.25, 0.3) is 10.8 Å². The number of aliphatic hydroxyl groups excluding tert-OH is 4. The van der Waals surface area contributed by atoms with Crippen molar-refractivity contribution in [3.8, 4) is 11.5 Å². The maximum atomic E-state index is 12.1. The highest BCUT2D eigenvalue weighted by Gasteiger charge is 2.44. The Morgan fingerprint density at radius 1 is 0.971 bits per heavy atom. The molecule has 10 nitrogen and oxygen atoms in total. The molecule has 4 rings (SSSR count). The lowest BCUT2D eigenvalue weighted by atomic mass is 9.99. The van der Waals surface area contributed by atoms with Gasteiger partial charge in [-0.1, -0.05) is 36.4 Å². The standard InChI is InChI=1S/C25H26N2O8/c28-13-20-22(30)23(31)24(32)25(35-20)34-17-10-8-15(9-11-17)12-26-27-21(29)14-33-19-7-3-5-16-4-1-2-6-18(16)19/h1-12,20,22-25,28,30-32H,13-14H2,(H,27,29)/b26-12+/t20-,22-,23+,24-,25-/m1/s1. The van der Waals surface area contributed by atoms with Crippen LogP contribution in [0.15, 0.2) is 71.8 Å². The van der Waals surface area contributed by atoms with Gasteiger partial charge in [-0.3, -0.25) is 4.79 Å². The molecule has 3 aromatic carbocycles. The first-order chi connectivity index (χ1) is 17.0. The molecule has 184 valence electrons. The van der Waals surface area contributed by atoms with Gasteiger partial charge in [0.25, 0.3) is 5.91 Å². The second-order valence-corrected chi connectivity index (χ2v) is 7.94. The van der Waals surface area contributed by atoms with Crippen molar-refractivity contribution in [2.45, 2.75) is 30.7 Å². The summed E-state index contributed by atoms with van der Waals surface area (Å²) < 4.78 is 16.5. The van der Waals surface area contributed by atoms with E-state index in [0.717, 1.165) is 10.8 Å². The highest BCUT2D eigenvalue weighted by Crippen LogP contribution is 2.25. The number of hydrazone groups is 1. The first kappa shape index (κ1) is 24.6. The van der Waals surface area contributed by atoms with Gasteiger partial charge in [-0.15, -0.1) is 0 Å². The van der Waals surface area contributed by atoms with Crippen LogP contribution in [0, 0.1) is 0 Å². The average molecular weight is 482 g/mol. The Kier molecular flexibility index (Phi) is 7.91. The Balaban J connectivity index is 1.27. The molecule has 0 bridgehead atoms. The minimum absolute atomic E-state index is 0.197. The van der Waals surface area contributed by atoms with Gasteiger partial charge in [0.05, 0.1) is 12.8 Å². The molecule has 0 aromatic heterocycles. The van der Waals surface area contributed by atoms with Crippen molar-refractivity contribution >= 4 is 22.9 Å². The smallest absolute Gasteiger partial charge is 0.277 e. The van der Waals surface area contributed by atoms with Crippen LogP contribution in [0.2, 0.25) is 0 Å². The molecule has 1 amide bonds. The lowest BCUT2D eigenvalue weighted by Gasteiger charge is -2.39. The summed E-state index contributed by atoms with van der Waals surface area (Å²) in [4.78, 5) is 12.1. The van der Waals surface area contributed by atoms with Crippen molar-refractivity contribution in [2.24, 2.45) is 5.10 Å². The molecule has 1 aliphatic heterocycles. The maximum absolute atomic E-state index is 12.1. The first-order valence-electron chi connectivity index (χ1n) is 11.0. The third kappa shape index (κ3) is 5.94. The van der Waals surface area contributed by atoms with E-state index < -0.39 is 43.2 Å². The number of ether oxygens (including phenoxy) is 3. The van der Waals surface area contributed by atoms with Crippen molar-refractivity contribution in [1.29, 1.82) is 0 Å². The van der Waals surface area contributed by atoms with Crippen LogP contribution in [-0.2, 0) is 9.53 Å². The number of amides is 1. The number of rotatable bonds is 8. The van der Waals surface area contributed by atoms with E-state index in [1.54, 1.807) is 30.3 Å². The molecule has 0 aliphatic carbocycles. The van der Waals surface area contributed by atoms with E-state index in [1.165, 1.54) is 6.21 Å². The monoisotopic (exact) mass is 482 g/mol. The Hall–Kier alpha value is -3.54. The Labute approximate surface area is 201 Å². The fourth-order valence-electron chi connectivity index (χ4n) is 3.61. The molecule has 1 aliphatic rings. The van der Waals surface area contributed by atoms with Gasteiger partial charge in [0, 0.05) is 5.39 Å². The van der Waals surface area contributed by atoms with Crippen LogP contribution < -0.4 is 14.9 Å². The lowest BCUT2D eigenvalue weighted by Crippen LogP contribution is -2.60. The van der Waals surface area contributed by atoms with E-state index in [0.29, 0.717) is 17.1 Å². The minimum Gasteiger partial charge on any atom is -0.483 e. The maximum Gasteiger partial charge on any atom is 0.277 e. The molecule has 0 saturated carbocycles. The van der Waals surface area contributed by atoms with Gasteiger partial charge in [-0.05, 0) is 41.3 Å². The Morgan fingerprint density at radius 2 is 1.71 bits per heavy atom. The van der Waals surface area contributed by atoms with Gasteiger partial charge in [0.2, 0.25) is 6.29 Å². The Bertz CT molecular complexity index is 1160. The molecule has 35 heavy (non-hydrogen) atoms. The molecule has 5 N–H and O–H groups in total. The zero-order chi connectivity index (χ0) is 24.8. The molecule has 10 heteroatoms. The minimum atomic E-state index is -1.52. The van der Waals surface area contributed by atoms with Gasteiger partial charge in [-0.25, -0.2) is 5.43 Å². The van der Waals surface area contributed by atoms with Crippen LogP contribution in [0.5, 0.6) is 11.5 Å². The van der Waals surface area contributed by atoms with Crippen molar-refractivity contribution < 1.29 is 39.4 Å². The van der Waals surface area contributed by atoms with Crippen LogP contribution in [0.4, 0.5) is 0 Å². The number of nitrogens with one attached hydrogen (secondary N) is 1. The number of aliphatic hydroxyl groups is 4. The molecular weight excluding hydrogens is 456 g/mol. The van der Waals surface area contributed by atoms with Crippen LogP contribution >= 0.6 is 0 Å². The van der Waals surface area contributed by atoms with Gasteiger partial charge in [0.15, 0.2) is 6.61 Å². The summed E-state index contributed by atoms with van der Waals surface area (Å²) in [6.45, 7) is -0.740. The SMILES string of the molecule is O=C(COc1cccc2ccccc12)N/N=C/c1ccc(O[C@@H]2O[C@H](CO)[C@@H](O)[C@H](O)[C@H]2O)cc1. The van der Waals surface area contributed by atoms with Gasteiger partial charge < -0.3 is 34.6 Å². The number of nitrogens with zero attached hydrogens (tertiary/aromatic N) is 1. The zero-order valence-corrected chi connectivity index (χ0v) is 18.6. The van der Waals surface area contributed by atoms with E-state index in [1.807, 2.05) is 36.4 Å². The summed E-state index contributed by atoms with van der Waals surface area (Å²) >= 11 is 0. The summed E-state index contributed by atoms with van der Waals surface area (Å²) in [7, 11) is 0. The molecule has 1 heterocycles. The van der Waals surface area contributed by atoms with Crippen molar-refractivity contribution in [2.75, 3.05) is 13.2 Å². The summed E-state index contributed by atoms with van der Waals surface area (Å²) in [5.74, 6) is 0.507. The highest BCUT2D eigenvalue weighted by molar-refractivity contribution is 5.89. The molecule has 0 radical (unpaired) electrons. The molecule has 1 saturated heterocycles. The topological polar surface area (TPSA) is 150 Å². The molecule has 1 fully saturated rings. The Morgan fingerprint density at radius 3 is 2.49 bits per heavy atom. The van der Waals surface area contributed by atoms with Crippen LogP contribution in [-0.4, -0.2) is 76.5 Å². The lowest BCUT2D eigenvalue weighted by molar-refractivity contribution is -0.277. The largest absolute Gasteiger partial charge is 0.483 e. The van der Waals surface area contributed by atoms with E-state index in [2.05, 4.69) is 10.5 Å². The van der Waals surface area contributed by atoms with E-state index >= 15 is 0 Å². The van der Waals surface area contributed by atoms with Gasteiger partial charge >= 0.3 is 0 Å². The summed E-state index contributed by atoms with van der Waals surface area (Å²) in [5, 5.41) is 44.8. The number of fused-ring (bicyclic) bond motifs is 1. The predicted molar refractivity (Wildman–Crippen MR) is 126 cm³/mol. The number of benzene rings is 3. The van der Waals surface area contributed by atoms with Crippen molar-refractivity contribution in [3.63, 3.8) is 0 Å². The van der Waals surface area contributed by atoms with E-state index in [9.17, 15) is 25.2 Å². The van der Waals surface area contributed by atoms with Crippen molar-refractivity contribution in [3.05, 3.63) is 72.3 Å². The third-order valence-electron chi connectivity index (χ3n) is 5.49. The summed E-state index contributed by atoms with van der Waals surface area (Å²) in [5.41, 5.74) is 3.06. The highest BCUT2D eigenvalue weighted by atomic mass is 16.7. The predicted octanol–water partition coefficient (Wildman–Crippen LogP) is 0.548. The average Bonchev–Trinajstić information content (AvgIpc) is 2.88. The summed E-state index contributed by atoms with van der Waals surface area (Å²) in [6, 6.07) is 19.8. The number of carbonyl (C=O) groups excluding carboxylic acids is 1. The molecule has 0 unspecified atom stereocenters. The number of hydrogen-bond acceptors (Lipinski definition) is 9.